The fourth-order valence-corrected chi connectivity index (χ4v) is 9.66. The van der Waals surface area contributed by atoms with Crippen molar-refractivity contribution in [2.45, 2.75) is 12.7 Å². The summed E-state index contributed by atoms with van der Waals surface area (Å²) in [5.41, 5.74) is 3.10. The fraction of sp³-hybridized carbons (Fsp3) is 0.0588. The molecule has 1 heterocycles. The molecule has 38 heavy (non-hydrogen) atoms. The first-order valence-corrected chi connectivity index (χ1v) is 14.7. The van der Waals surface area contributed by atoms with Gasteiger partial charge in [-0.25, -0.2) is 0 Å². The fourth-order valence-electron chi connectivity index (χ4n) is 5.43. The highest BCUT2D eigenvalue weighted by Crippen LogP contribution is 2.58. The Bertz CT molecular complexity index is 1470. The molecule has 4 heteroatoms. The van der Waals surface area contributed by atoms with Gasteiger partial charge in [-0.2, -0.15) is 0 Å². The molecule has 0 saturated heterocycles. The van der Waals surface area contributed by atoms with Crippen LogP contribution in [-0.4, -0.2) is 16.7 Å². The summed E-state index contributed by atoms with van der Waals surface area (Å²) in [7, 11) is -2.05. The van der Waals surface area contributed by atoms with Crippen molar-refractivity contribution < 1.29 is 9.59 Å². The molecule has 0 radical (unpaired) electrons. The molecule has 6 rings (SSSR count). The number of carbonyl (C=O) groups excluding carboxylic acids is 2. The summed E-state index contributed by atoms with van der Waals surface area (Å²) < 4.78 is 0. The van der Waals surface area contributed by atoms with Crippen molar-refractivity contribution in [1.29, 1.82) is 0 Å². The van der Waals surface area contributed by atoms with Crippen LogP contribution < -0.4 is 15.9 Å². The van der Waals surface area contributed by atoms with Gasteiger partial charge in [0.05, 0.1) is 23.8 Å². The Morgan fingerprint density at radius 3 is 1.37 bits per heavy atom. The zero-order valence-electron chi connectivity index (χ0n) is 20.9. The highest BCUT2D eigenvalue weighted by molar-refractivity contribution is 7.95. The van der Waals surface area contributed by atoms with E-state index in [-0.39, 0.29) is 18.4 Å². The van der Waals surface area contributed by atoms with Crippen molar-refractivity contribution in [3.05, 3.63) is 162 Å². The SMILES string of the molecule is O=C1c2ccccc2C(=O)N1Cc1cccc(C[P+](c2ccccc2)(c2ccccc2)c2ccccc2)c1. The van der Waals surface area contributed by atoms with Gasteiger partial charge in [0, 0.05) is 0 Å². The van der Waals surface area contributed by atoms with Crippen LogP contribution in [0.3, 0.4) is 0 Å². The maximum atomic E-state index is 13.0. The topological polar surface area (TPSA) is 37.4 Å². The molecule has 0 aromatic heterocycles. The van der Waals surface area contributed by atoms with Crippen molar-refractivity contribution in [2.75, 3.05) is 0 Å². The quantitative estimate of drug-likeness (QED) is 0.199. The Hall–Kier alpha value is -4.33. The van der Waals surface area contributed by atoms with Crippen LogP contribution in [0.15, 0.2) is 140 Å². The van der Waals surface area contributed by atoms with Gasteiger partial charge in [0.2, 0.25) is 0 Å². The van der Waals surface area contributed by atoms with E-state index < -0.39 is 7.26 Å². The van der Waals surface area contributed by atoms with Gasteiger partial charge in [0.25, 0.3) is 11.8 Å². The lowest BCUT2D eigenvalue weighted by atomic mass is 10.1. The van der Waals surface area contributed by atoms with E-state index in [1.54, 1.807) is 24.3 Å². The number of amides is 2. The predicted octanol–water partition coefficient (Wildman–Crippen LogP) is 5.98. The predicted molar refractivity (Wildman–Crippen MR) is 156 cm³/mol. The number of carbonyl (C=O) groups is 2. The summed E-state index contributed by atoms with van der Waals surface area (Å²) in [6.07, 6.45) is 0.834. The largest absolute Gasteiger partial charge is 0.270 e. The van der Waals surface area contributed by atoms with E-state index in [4.69, 9.17) is 0 Å². The molecule has 5 aromatic rings. The number of fused-ring (bicyclic) bond motifs is 1. The lowest BCUT2D eigenvalue weighted by Gasteiger charge is -2.28. The van der Waals surface area contributed by atoms with Crippen LogP contribution in [0.4, 0.5) is 0 Å². The number of nitrogens with zero attached hydrogens (tertiary/aromatic N) is 1. The molecule has 0 atom stereocenters. The average molecular weight is 513 g/mol. The minimum Gasteiger partial charge on any atom is -0.270 e. The van der Waals surface area contributed by atoms with Gasteiger partial charge >= 0.3 is 0 Å². The molecule has 2 amide bonds. The monoisotopic (exact) mass is 512 g/mol. The normalized spacial score (nSPS) is 13.0. The van der Waals surface area contributed by atoms with Crippen molar-refractivity contribution >= 4 is 35.0 Å². The lowest BCUT2D eigenvalue weighted by molar-refractivity contribution is 0.0642. The highest BCUT2D eigenvalue weighted by atomic mass is 31.2. The summed E-state index contributed by atoms with van der Waals surface area (Å²) in [6.45, 7) is 0.258. The van der Waals surface area contributed by atoms with Crippen LogP contribution in [-0.2, 0) is 12.7 Å². The number of imide groups is 1. The van der Waals surface area contributed by atoms with Gasteiger partial charge < -0.3 is 0 Å². The Labute approximate surface area is 223 Å². The van der Waals surface area contributed by atoms with Crippen molar-refractivity contribution in [1.82, 2.24) is 4.90 Å². The van der Waals surface area contributed by atoms with Gasteiger partial charge in [-0.15, -0.1) is 0 Å². The van der Waals surface area contributed by atoms with Crippen molar-refractivity contribution in [3.8, 4) is 0 Å². The third kappa shape index (κ3) is 4.26. The molecule has 0 spiro atoms. The highest BCUT2D eigenvalue weighted by Gasteiger charge is 2.45. The molecule has 0 saturated carbocycles. The zero-order valence-corrected chi connectivity index (χ0v) is 21.8. The van der Waals surface area contributed by atoms with Gasteiger partial charge in [0.15, 0.2) is 0 Å². The van der Waals surface area contributed by atoms with E-state index in [1.807, 2.05) is 12.1 Å². The standard InChI is InChI=1S/C34H27NO2P/c36-33-31-21-10-11-22-32(31)34(37)35(33)24-26-13-12-14-27(23-26)25-38(28-15-4-1-5-16-28,29-17-6-2-7-18-29)30-19-8-3-9-20-30/h1-23H,24-25H2/q+1. The van der Waals surface area contributed by atoms with E-state index in [1.165, 1.54) is 26.4 Å². The molecule has 0 N–H and O–H groups in total. The first-order chi connectivity index (χ1) is 18.7. The summed E-state index contributed by atoms with van der Waals surface area (Å²) in [6, 6.07) is 47.8. The Kier molecular flexibility index (Phi) is 6.45. The number of hydrogen-bond acceptors (Lipinski definition) is 2. The second-order valence-electron chi connectivity index (χ2n) is 9.54. The molecule has 1 aliphatic rings. The summed E-state index contributed by atoms with van der Waals surface area (Å²) in [5.74, 6) is -0.452. The summed E-state index contributed by atoms with van der Waals surface area (Å²) >= 11 is 0. The van der Waals surface area contributed by atoms with Crippen LogP contribution in [0, 0.1) is 0 Å². The van der Waals surface area contributed by atoms with Crippen LogP contribution in [0.5, 0.6) is 0 Å². The van der Waals surface area contributed by atoms with E-state index >= 15 is 0 Å². The Morgan fingerprint density at radius 1 is 0.474 bits per heavy atom. The molecule has 1 aliphatic heterocycles. The van der Waals surface area contributed by atoms with Gasteiger partial charge in [-0.3, -0.25) is 14.5 Å². The molecule has 5 aromatic carbocycles. The zero-order chi connectivity index (χ0) is 26.0. The lowest BCUT2D eigenvalue weighted by Crippen LogP contribution is -2.32. The smallest absolute Gasteiger partial charge is 0.261 e. The van der Waals surface area contributed by atoms with E-state index in [2.05, 4.69) is 103 Å². The number of rotatable bonds is 7. The third-order valence-electron chi connectivity index (χ3n) is 7.22. The van der Waals surface area contributed by atoms with E-state index in [0.717, 1.165) is 11.7 Å². The third-order valence-corrected chi connectivity index (χ3v) is 11.6. The van der Waals surface area contributed by atoms with E-state index in [9.17, 15) is 9.59 Å². The van der Waals surface area contributed by atoms with Crippen LogP contribution in [0.2, 0.25) is 0 Å². The number of benzene rings is 5. The minimum atomic E-state index is -2.05. The Morgan fingerprint density at radius 2 is 0.895 bits per heavy atom. The van der Waals surface area contributed by atoms with Gasteiger partial charge in [0.1, 0.15) is 23.2 Å². The average Bonchev–Trinajstić information content (AvgIpc) is 3.22. The maximum Gasteiger partial charge on any atom is 0.261 e. The van der Waals surface area contributed by atoms with Crippen LogP contribution >= 0.6 is 7.26 Å². The van der Waals surface area contributed by atoms with Crippen LogP contribution in [0.25, 0.3) is 0 Å². The first-order valence-electron chi connectivity index (χ1n) is 12.7. The van der Waals surface area contributed by atoms with Crippen molar-refractivity contribution in [3.63, 3.8) is 0 Å². The summed E-state index contributed by atoms with van der Waals surface area (Å²) in [5, 5.41) is 3.97. The van der Waals surface area contributed by atoms with Crippen molar-refractivity contribution in [2.24, 2.45) is 0 Å². The van der Waals surface area contributed by atoms with Gasteiger partial charge in [-0.1, -0.05) is 91.0 Å². The summed E-state index contributed by atoms with van der Waals surface area (Å²) in [4.78, 5) is 27.3. The van der Waals surface area contributed by atoms with Gasteiger partial charge in [-0.05, 0) is 59.7 Å². The molecular formula is C34H27NO2P+. The van der Waals surface area contributed by atoms with Crippen LogP contribution in [0.1, 0.15) is 31.8 Å². The van der Waals surface area contributed by atoms with E-state index in [0.29, 0.717) is 11.1 Å². The Balaban J connectivity index is 1.41. The molecule has 0 unspecified atom stereocenters. The first kappa shape index (κ1) is 24.0. The molecule has 0 aliphatic carbocycles. The molecule has 0 fully saturated rings. The minimum absolute atomic E-state index is 0.226. The number of hydrogen-bond donors (Lipinski definition) is 0. The molecular weight excluding hydrogens is 485 g/mol. The second kappa shape index (κ2) is 10.2. The maximum absolute atomic E-state index is 13.0. The second-order valence-corrected chi connectivity index (χ2v) is 13.0. The molecule has 184 valence electrons. The molecule has 3 nitrogen and oxygen atoms in total. The molecule has 0 bridgehead atoms.